The zero-order valence-electron chi connectivity index (χ0n) is 30.2. The first-order chi connectivity index (χ1) is 23.8. The lowest BCUT2D eigenvalue weighted by molar-refractivity contribution is -0.142. The third-order valence-electron chi connectivity index (χ3n) is 8.03. The Kier molecular flexibility index (Phi) is 11.9. The second-order valence-electron chi connectivity index (χ2n) is 14.8. The fourth-order valence-corrected chi connectivity index (χ4v) is 7.77. The Balaban J connectivity index is 1.73. The molecule has 0 aliphatic carbocycles. The minimum atomic E-state index is -4.23. The maximum atomic E-state index is 14.8. The number of primary amides is 1. The van der Waals surface area contributed by atoms with E-state index in [-0.39, 0.29) is 30.2 Å². The van der Waals surface area contributed by atoms with E-state index in [0.717, 1.165) is 0 Å². The monoisotopic (exact) mass is 725 g/mol. The molecule has 1 aliphatic rings. The van der Waals surface area contributed by atoms with Gasteiger partial charge in [0.1, 0.15) is 34.9 Å². The number of benzene rings is 2. The van der Waals surface area contributed by atoms with Gasteiger partial charge in [-0.1, -0.05) is 76.2 Å². The summed E-state index contributed by atoms with van der Waals surface area (Å²) < 4.78 is 33.7. The van der Waals surface area contributed by atoms with Crippen molar-refractivity contribution in [2.24, 2.45) is 17.1 Å². The number of para-hydroxylation sites is 2. The van der Waals surface area contributed by atoms with E-state index in [1.807, 2.05) is 0 Å². The number of likely N-dealkylation sites (tertiary alicyclic amines) is 1. The van der Waals surface area contributed by atoms with Crippen LogP contribution in [0.3, 0.4) is 0 Å². The van der Waals surface area contributed by atoms with Crippen molar-refractivity contribution in [3.8, 4) is 11.5 Å². The van der Waals surface area contributed by atoms with Gasteiger partial charge >= 0.3 is 13.7 Å². The molecule has 2 heterocycles. The van der Waals surface area contributed by atoms with Crippen LogP contribution in [0.5, 0.6) is 11.5 Å². The molecule has 3 aromatic rings. The van der Waals surface area contributed by atoms with Gasteiger partial charge in [-0.05, 0) is 56.4 Å². The average Bonchev–Trinajstić information content (AvgIpc) is 3.70. The lowest BCUT2D eigenvalue weighted by Crippen LogP contribution is -2.59. The SMILES string of the molecule is CC(C)C(NC(=O)[C@@H]1C[C@@H](n2nncc2C(N)=O)CN1C(=O)[C@@H](NC(=O)OC(C)(C)C)C(C)(C)C)P(=O)(Oc1ccccc1)Oc1ccccc1. The molecular weight excluding hydrogens is 677 g/mol. The topological polar surface area (TPSA) is 197 Å². The standard InChI is InChI=1S/C35H48N7O8P/c1-22(2)31(51(47,49-24-15-11-9-12-16-24)50-25-17-13-10-14-18-25)39-30(44)26-19-23(42-27(29(36)43)20-37-40-42)21-41(26)32(45)28(34(3,4)5)38-33(46)48-35(6,7)8/h9-18,20,22-23,26,28,31H,19,21H2,1-8H3,(H2,36,43)(H,38,46)(H,39,44)/t23-,26+,28-,31?/m1/s1. The number of hydrogen-bond donors (Lipinski definition) is 3. The first kappa shape index (κ1) is 38.9. The van der Waals surface area contributed by atoms with Crippen LogP contribution < -0.4 is 25.4 Å². The highest BCUT2D eigenvalue weighted by Crippen LogP contribution is 2.54. The van der Waals surface area contributed by atoms with Gasteiger partial charge in [-0.2, -0.15) is 0 Å². The molecule has 1 fully saturated rings. The molecule has 0 radical (unpaired) electrons. The van der Waals surface area contributed by atoms with Gasteiger partial charge < -0.3 is 35.1 Å². The van der Waals surface area contributed by atoms with E-state index in [9.17, 15) is 23.7 Å². The maximum Gasteiger partial charge on any atom is 0.453 e. The quantitative estimate of drug-likeness (QED) is 0.216. The molecule has 15 nitrogen and oxygen atoms in total. The van der Waals surface area contributed by atoms with Crippen LogP contribution in [0.4, 0.5) is 4.79 Å². The fourth-order valence-electron chi connectivity index (χ4n) is 5.65. The van der Waals surface area contributed by atoms with Crippen molar-refractivity contribution in [1.82, 2.24) is 30.5 Å². The molecular formula is C35H48N7O8P. The van der Waals surface area contributed by atoms with E-state index < -0.39 is 72.3 Å². The second-order valence-corrected chi connectivity index (χ2v) is 16.8. The minimum absolute atomic E-state index is 0.00945. The van der Waals surface area contributed by atoms with Crippen molar-refractivity contribution in [1.29, 1.82) is 0 Å². The first-order valence-corrected chi connectivity index (χ1v) is 18.3. The highest BCUT2D eigenvalue weighted by atomic mass is 31.2. The molecule has 1 aromatic heterocycles. The van der Waals surface area contributed by atoms with Gasteiger partial charge in [-0.3, -0.25) is 14.4 Å². The summed E-state index contributed by atoms with van der Waals surface area (Å²) >= 11 is 0. The van der Waals surface area contributed by atoms with Gasteiger partial charge in [0.05, 0.1) is 12.2 Å². The summed E-state index contributed by atoms with van der Waals surface area (Å²) in [4.78, 5) is 55.4. The van der Waals surface area contributed by atoms with Crippen LogP contribution in [-0.2, 0) is 18.9 Å². The van der Waals surface area contributed by atoms with Gasteiger partial charge in [0.15, 0.2) is 5.78 Å². The molecule has 4 amide bonds. The van der Waals surface area contributed by atoms with Crippen molar-refractivity contribution in [3.05, 3.63) is 72.6 Å². The number of amides is 4. The Hall–Kier alpha value is -4.91. The Morgan fingerprint density at radius 3 is 1.92 bits per heavy atom. The van der Waals surface area contributed by atoms with E-state index >= 15 is 0 Å². The summed E-state index contributed by atoms with van der Waals surface area (Å²) in [6.45, 7) is 13.8. The van der Waals surface area contributed by atoms with Crippen LogP contribution in [0.15, 0.2) is 66.9 Å². The van der Waals surface area contributed by atoms with Crippen molar-refractivity contribution in [2.75, 3.05) is 6.54 Å². The van der Waals surface area contributed by atoms with Gasteiger partial charge in [0.2, 0.25) is 11.8 Å². The zero-order chi connectivity index (χ0) is 37.7. The molecule has 16 heteroatoms. The predicted octanol–water partition coefficient (Wildman–Crippen LogP) is 4.91. The highest BCUT2D eigenvalue weighted by molar-refractivity contribution is 7.55. The highest BCUT2D eigenvalue weighted by Gasteiger charge is 2.49. The van der Waals surface area contributed by atoms with Crippen LogP contribution >= 0.6 is 7.60 Å². The summed E-state index contributed by atoms with van der Waals surface area (Å²) in [7, 11) is -4.23. The first-order valence-electron chi connectivity index (χ1n) is 16.7. The largest absolute Gasteiger partial charge is 0.453 e. The Bertz CT molecular complexity index is 1690. The van der Waals surface area contributed by atoms with Gasteiger partial charge in [-0.15, -0.1) is 5.10 Å². The molecule has 1 aliphatic heterocycles. The lowest BCUT2D eigenvalue weighted by atomic mass is 9.85. The number of rotatable bonds is 12. The van der Waals surface area contributed by atoms with Crippen molar-refractivity contribution < 1.29 is 37.5 Å². The summed E-state index contributed by atoms with van der Waals surface area (Å²) in [5.74, 6) is -3.18. The molecule has 51 heavy (non-hydrogen) atoms. The number of aromatic nitrogens is 3. The van der Waals surface area contributed by atoms with Crippen molar-refractivity contribution in [2.45, 2.75) is 91.3 Å². The molecule has 4 N–H and O–H groups in total. The molecule has 0 saturated carbocycles. The summed E-state index contributed by atoms with van der Waals surface area (Å²) in [5, 5.41) is 13.4. The van der Waals surface area contributed by atoms with Gasteiger partial charge in [0, 0.05) is 13.0 Å². The molecule has 4 atom stereocenters. The molecule has 1 saturated heterocycles. The van der Waals surface area contributed by atoms with Crippen LogP contribution in [0.1, 0.15) is 78.3 Å². The normalized spacial score (nSPS) is 17.7. The van der Waals surface area contributed by atoms with Crippen molar-refractivity contribution >= 4 is 31.4 Å². The minimum Gasteiger partial charge on any atom is -0.444 e. The van der Waals surface area contributed by atoms with Crippen molar-refractivity contribution in [3.63, 3.8) is 0 Å². The maximum absolute atomic E-state index is 14.8. The number of alkyl carbamates (subject to hydrolysis) is 1. The number of carbonyl (C=O) groups is 4. The zero-order valence-corrected chi connectivity index (χ0v) is 31.1. The van der Waals surface area contributed by atoms with Gasteiger partial charge in [0.25, 0.3) is 5.91 Å². The van der Waals surface area contributed by atoms with E-state index in [1.165, 1.54) is 15.8 Å². The Morgan fingerprint density at radius 2 is 1.45 bits per heavy atom. The van der Waals surface area contributed by atoms with E-state index in [4.69, 9.17) is 19.5 Å². The number of nitrogens with two attached hydrogens (primary N) is 1. The second kappa shape index (κ2) is 15.5. The van der Waals surface area contributed by atoms with Crippen LogP contribution in [0.2, 0.25) is 0 Å². The summed E-state index contributed by atoms with van der Waals surface area (Å²) in [6, 6.07) is 13.9. The van der Waals surface area contributed by atoms with E-state index in [0.29, 0.717) is 0 Å². The number of nitrogens with one attached hydrogen (secondary N) is 2. The van der Waals surface area contributed by atoms with Crippen LogP contribution in [-0.4, -0.2) is 73.7 Å². The Labute approximate surface area is 298 Å². The molecule has 276 valence electrons. The summed E-state index contributed by atoms with van der Waals surface area (Å²) in [6.07, 6.45) is 0.381. The predicted molar refractivity (Wildman–Crippen MR) is 189 cm³/mol. The third-order valence-corrected chi connectivity index (χ3v) is 10.4. The third kappa shape index (κ3) is 9.87. The molecule has 2 aromatic carbocycles. The Morgan fingerprint density at radius 1 is 0.902 bits per heavy atom. The molecule has 1 unspecified atom stereocenters. The fraction of sp³-hybridized carbons (Fsp3) is 0.486. The number of ether oxygens (including phenoxy) is 1. The number of hydrogen-bond acceptors (Lipinski definition) is 10. The summed E-state index contributed by atoms with van der Waals surface area (Å²) in [5.41, 5.74) is 3.90. The number of nitrogens with zero attached hydrogens (tertiary/aromatic N) is 4. The average molecular weight is 726 g/mol. The van der Waals surface area contributed by atoms with E-state index in [2.05, 4.69) is 20.9 Å². The molecule has 0 spiro atoms. The van der Waals surface area contributed by atoms with Crippen LogP contribution in [0, 0.1) is 11.3 Å². The molecule has 4 rings (SSSR count). The molecule has 0 bridgehead atoms. The van der Waals surface area contributed by atoms with E-state index in [1.54, 1.807) is 116 Å². The smallest absolute Gasteiger partial charge is 0.444 e. The lowest BCUT2D eigenvalue weighted by Gasteiger charge is -2.36. The van der Waals surface area contributed by atoms with Crippen LogP contribution in [0.25, 0.3) is 0 Å². The van der Waals surface area contributed by atoms with Gasteiger partial charge in [-0.25, -0.2) is 14.0 Å². The number of carbonyl (C=O) groups excluding carboxylic acids is 4.